The number of halogens is 2. The Labute approximate surface area is 219 Å². The number of methoxy groups -OCH3 is 1. The van der Waals surface area contributed by atoms with Crippen LogP contribution >= 0.6 is 0 Å². The molecule has 0 unspecified atom stereocenters. The summed E-state index contributed by atoms with van der Waals surface area (Å²) < 4.78 is 53.0. The maximum atomic E-state index is 17.4. The van der Waals surface area contributed by atoms with Gasteiger partial charge in [-0.2, -0.15) is 0 Å². The van der Waals surface area contributed by atoms with E-state index in [2.05, 4.69) is 0 Å². The molecule has 0 aromatic carbocycles. The van der Waals surface area contributed by atoms with Gasteiger partial charge < -0.3 is 24.1 Å². The Bertz CT molecular complexity index is 1100. The lowest BCUT2D eigenvalue weighted by Gasteiger charge is -2.63. The first kappa shape index (κ1) is 28.2. The molecular formula is C27H34F2O9. The molecule has 210 valence electrons. The lowest BCUT2D eigenvalue weighted by atomic mass is 9.44. The number of Topliss-reactive ketones (excluding diaryl/α,β-unsaturated/α-hetero) is 1. The summed E-state index contributed by atoms with van der Waals surface area (Å²) in [5.41, 5.74) is -7.33. The fourth-order valence-electron chi connectivity index (χ4n) is 7.96. The molecule has 4 aliphatic rings. The summed E-state index contributed by atoms with van der Waals surface area (Å²) in [4.78, 5) is 50.0. The molecule has 38 heavy (non-hydrogen) atoms. The number of carbonyl (C=O) groups is 4. The molecule has 0 bridgehead atoms. The number of allylic oxidation sites excluding steroid dienone is 4. The second-order valence-electron chi connectivity index (χ2n) is 11.2. The smallest absolute Gasteiger partial charge is 0.438 e. The summed E-state index contributed by atoms with van der Waals surface area (Å²) in [5, 5.41) is 11.5. The van der Waals surface area contributed by atoms with Gasteiger partial charge in [0.1, 0.15) is 6.17 Å². The normalized spacial score (nSPS) is 43.2. The third-order valence-corrected chi connectivity index (χ3v) is 9.58. The zero-order valence-electron chi connectivity index (χ0n) is 22.1. The van der Waals surface area contributed by atoms with Crippen molar-refractivity contribution in [3.8, 4) is 0 Å². The average Bonchev–Trinajstić information content (AvgIpc) is 3.07. The third-order valence-electron chi connectivity index (χ3n) is 9.58. The van der Waals surface area contributed by atoms with Gasteiger partial charge in [-0.15, -0.1) is 0 Å². The number of carbonyl (C=O) groups excluding carboxylic acids is 4. The Morgan fingerprint density at radius 3 is 2.45 bits per heavy atom. The Morgan fingerprint density at radius 2 is 1.82 bits per heavy atom. The maximum Gasteiger partial charge on any atom is 0.509 e. The van der Waals surface area contributed by atoms with Crippen molar-refractivity contribution < 1.29 is 52.0 Å². The van der Waals surface area contributed by atoms with Gasteiger partial charge in [-0.25, -0.2) is 18.4 Å². The van der Waals surface area contributed by atoms with E-state index < -0.39 is 82.6 Å². The van der Waals surface area contributed by atoms with E-state index in [0.29, 0.717) is 0 Å². The summed E-state index contributed by atoms with van der Waals surface area (Å²) in [6.45, 7) is 5.49. The highest BCUT2D eigenvalue weighted by atomic mass is 19.1. The van der Waals surface area contributed by atoms with Crippen LogP contribution in [0.2, 0.25) is 0 Å². The number of ketones is 2. The number of aliphatic hydroxyl groups excluding tert-OH is 1. The van der Waals surface area contributed by atoms with Crippen LogP contribution in [0.15, 0.2) is 23.8 Å². The topological polar surface area (TPSA) is 125 Å². The molecule has 11 heteroatoms. The van der Waals surface area contributed by atoms with Crippen molar-refractivity contribution >= 4 is 23.9 Å². The van der Waals surface area contributed by atoms with Crippen LogP contribution in [0.3, 0.4) is 0 Å². The molecule has 0 amide bonds. The fraction of sp³-hybridized carbons (Fsp3) is 0.704. The van der Waals surface area contributed by atoms with Gasteiger partial charge in [0.2, 0.25) is 5.78 Å². The summed E-state index contributed by atoms with van der Waals surface area (Å²) in [6.07, 6.45) is -2.53. The molecule has 0 aliphatic heterocycles. The Morgan fingerprint density at radius 1 is 1.13 bits per heavy atom. The first-order valence-corrected chi connectivity index (χ1v) is 12.8. The first-order chi connectivity index (χ1) is 17.7. The highest BCUT2D eigenvalue weighted by molar-refractivity contribution is 6.01. The van der Waals surface area contributed by atoms with E-state index in [1.165, 1.54) is 19.1 Å². The Hall–Kier alpha value is -2.82. The number of ether oxygens (including phenoxy) is 4. The molecule has 0 radical (unpaired) electrons. The minimum atomic E-state index is -2.37. The van der Waals surface area contributed by atoms with E-state index in [1.807, 2.05) is 0 Å². The van der Waals surface area contributed by atoms with E-state index in [9.17, 15) is 24.3 Å². The largest absolute Gasteiger partial charge is 0.509 e. The molecule has 0 spiro atoms. The van der Waals surface area contributed by atoms with Crippen molar-refractivity contribution in [2.75, 3.05) is 20.3 Å². The first-order valence-electron chi connectivity index (χ1n) is 12.8. The van der Waals surface area contributed by atoms with Gasteiger partial charge in [-0.1, -0.05) is 19.9 Å². The lowest BCUT2D eigenvalue weighted by Crippen LogP contribution is -2.71. The van der Waals surface area contributed by atoms with Crippen LogP contribution in [0.25, 0.3) is 0 Å². The molecule has 0 saturated heterocycles. The molecule has 9 atom stereocenters. The molecule has 9 nitrogen and oxygen atoms in total. The fourth-order valence-corrected chi connectivity index (χ4v) is 7.96. The Balaban J connectivity index is 1.80. The van der Waals surface area contributed by atoms with Crippen molar-refractivity contribution in [2.24, 2.45) is 28.6 Å². The second-order valence-corrected chi connectivity index (χ2v) is 11.2. The van der Waals surface area contributed by atoms with Crippen LogP contribution in [0, 0.1) is 28.6 Å². The van der Waals surface area contributed by atoms with Crippen molar-refractivity contribution in [1.82, 2.24) is 0 Å². The number of aliphatic hydroxyl groups is 1. The summed E-state index contributed by atoms with van der Waals surface area (Å²) >= 11 is 0. The maximum absolute atomic E-state index is 17.4. The molecule has 0 heterocycles. The highest BCUT2D eigenvalue weighted by Crippen LogP contribution is 2.71. The van der Waals surface area contributed by atoms with Crippen LogP contribution in [-0.2, 0) is 28.5 Å². The third kappa shape index (κ3) is 3.64. The van der Waals surface area contributed by atoms with Gasteiger partial charge in [0.15, 0.2) is 23.7 Å². The highest BCUT2D eigenvalue weighted by Gasteiger charge is 2.78. The van der Waals surface area contributed by atoms with Crippen LogP contribution in [-0.4, -0.2) is 72.9 Å². The Kier molecular flexibility index (Phi) is 6.99. The molecule has 4 aliphatic carbocycles. The molecule has 1 N–H and O–H groups in total. The second kappa shape index (κ2) is 9.43. The van der Waals surface area contributed by atoms with Gasteiger partial charge in [0.25, 0.3) is 0 Å². The van der Waals surface area contributed by atoms with Crippen LogP contribution in [0.5, 0.6) is 0 Å². The number of rotatable bonds is 5. The van der Waals surface area contributed by atoms with Gasteiger partial charge >= 0.3 is 12.3 Å². The summed E-state index contributed by atoms with van der Waals surface area (Å²) in [5.74, 6) is -3.77. The van der Waals surface area contributed by atoms with E-state index in [-0.39, 0.29) is 31.4 Å². The SMILES string of the molecule is CCOC(=O)OCC(=O)[C@@]1(OC(=O)OC)[C@H](C)C[C@H]2[C@@H]3C[C@H](F)C4=CC(=O)C=C[C@]4(C)[C@@]3(F)[C@@H](O)C[C@@]21C. The van der Waals surface area contributed by atoms with E-state index in [0.717, 1.165) is 13.2 Å². The van der Waals surface area contributed by atoms with E-state index in [1.54, 1.807) is 20.8 Å². The number of alkyl halides is 2. The van der Waals surface area contributed by atoms with E-state index >= 15 is 8.78 Å². The summed E-state index contributed by atoms with van der Waals surface area (Å²) in [7, 11) is 1.07. The van der Waals surface area contributed by atoms with Crippen LogP contribution < -0.4 is 0 Å². The van der Waals surface area contributed by atoms with Crippen molar-refractivity contribution in [2.45, 2.75) is 70.5 Å². The average molecular weight is 541 g/mol. The molecule has 0 aromatic heterocycles. The minimum absolute atomic E-state index is 0.0130. The van der Waals surface area contributed by atoms with Gasteiger partial charge in [0, 0.05) is 22.7 Å². The summed E-state index contributed by atoms with van der Waals surface area (Å²) in [6, 6.07) is 0. The predicted molar refractivity (Wildman–Crippen MR) is 127 cm³/mol. The number of hydrogen-bond donors (Lipinski definition) is 1. The quantitative estimate of drug-likeness (QED) is 0.518. The zero-order valence-corrected chi connectivity index (χ0v) is 22.1. The number of hydrogen-bond acceptors (Lipinski definition) is 9. The van der Waals surface area contributed by atoms with Gasteiger partial charge in [-0.3, -0.25) is 9.59 Å². The molecule has 0 aromatic rings. The minimum Gasteiger partial charge on any atom is -0.438 e. The number of fused-ring (bicyclic) bond motifs is 5. The predicted octanol–water partition coefficient (Wildman–Crippen LogP) is 3.82. The van der Waals surface area contributed by atoms with Crippen molar-refractivity contribution in [1.29, 1.82) is 0 Å². The van der Waals surface area contributed by atoms with Gasteiger partial charge in [0.05, 0.1) is 19.8 Å². The standard InChI is InChI=1S/C27H34F2O9/c1-6-36-23(34)37-13-21(32)27(38-22(33)35-5)14(2)9-16-17-11-19(28)18-10-15(30)7-8-24(18,3)26(17,29)20(31)12-25(16,27)4/h7-8,10,14,16-17,19-20,31H,6,9,11-13H2,1-5H3/t14-,16+,17+,19+,20+,24+,25+,26+,27+/m1/s1. The molecule has 3 saturated carbocycles. The van der Waals surface area contributed by atoms with Gasteiger partial charge in [-0.05, 0) is 56.8 Å². The molecule has 3 fully saturated rings. The van der Waals surface area contributed by atoms with Crippen molar-refractivity contribution in [3.05, 3.63) is 23.8 Å². The van der Waals surface area contributed by atoms with E-state index in [4.69, 9.17) is 18.9 Å². The molecule has 4 rings (SSSR count). The van der Waals surface area contributed by atoms with Crippen LogP contribution in [0.4, 0.5) is 18.4 Å². The van der Waals surface area contributed by atoms with Crippen molar-refractivity contribution in [3.63, 3.8) is 0 Å². The van der Waals surface area contributed by atoms with Crippen LogP contribution in [0.1, 0.15) is 47.0 Å². The lowest BCUT2D eigenvalue weighted by molar-refractivity contribution is -0.225. The monoisotopic (exact) mass is 540 g/mol. The molecular weight excluding hydrogens is 506 g/mol. The zero-order chi connectivity index (χ0) is 28.3.